The number of rotatable bonds is 5. The zero-order valence-corrected chi connectivity index (χ0v) is 12.4. The van der Waals surface area contributed by atoms with Crippen LogP contribution in [0.15, 0.2) is 18.2 Å². The fourth-order valence-electron chi connectivity index (χ4n) is 2.32. The van der Waals surface area contributed by atoms with Crippen LogP contribution in [-0.4, -0.2) is 30.4 Å². The minimum Gasteiger partial charge on any atom is -0.388 e. The summed E-state index contributed by atoms with van der Waals surface area (Å²) < 4.78 is 0. The van der Waals surface area contributed by atoms with Gasteiger partial charge in [0.05, 0.1) is 0 Å². The number of benzene rings is 1. The van der Waals surface area contributed by atoms with E-state index in [9.17, 15) is 4.79 Å². The molecule has 0 aliphatic heterocycles. The Labute approximate surface area is 116 Å². The standard InChI is InChI=1S/C16H24N2O/c1-11(2)18(10-13-5-6-13)16(19)15-8-7-14(17-4)9-12(15)3/h7-9,11,13,17H,5-6,10H2,1-4H3. The first-order valence-electron chi connectivity index (χ1n) is 7.12. The third-order valence-electron chi connectivity index (χ3n) is 3.78. The van der Waals surface area contributed by atoms with Crippen LogP contribution >= 0.6 is 0 Å². The van der Waals surface area contributed by atoms with E-state index in [1.54, 1.807) is 0 Å². The van der Waals surface area contributed by atoms with Gasteiger partial charge in [0.15, 0.2) is 0 Å². The highest BCUT2D eigenvalue weighted by atomic mass is 16.2. The molecule has 1 aromatic rings. The van der Waals surface area contributed by atoms with Crippen LogP contribution in [0.2, 0.25) is 0 Å². The van der Waals surface area contributed by atoms with Crippen LogP contribution in [0.1, 0.15) is 42.6 Å². The smallest absolute Gasteiger partial charge is 0.254 e. The summed E-state index contributed by atoms with van der Waals surface area (Å²) in [5.74, 6) is 0.894. The second kappa shape index (κ2) is 5.64. The van der Waals surface area contributed by atoms with Crippen molar-refractivity contribution in [2.24, 2.45) is 5.92 Å². The van der Waals surface area contributed by atoms with E-state index in [1.807, 2.05) is 37.1 Å². The van der Waals surface area contributed by atoms with Gasteiger partial charge in [-0.05, 0) is 63.3 Å². The van der Waals surface area contributed by atoms with E-state index in [4.69, 9.17) is 0 Å². The van der Waals surface area contributed by atoms with Gasteiger partial charge in [-0.25, -0.2) is 0 Å². The normalized spacial score (nSPS) is 14.6. The molecule has 0 bridgehead atoms. The lowest BCUT2D eigenvalue weighted by Gasteiger charge is -2.27. The predicted octanol–water partition coefficient (Wildman–Crippen LogP) is 3.30. The van der Waals surface area contributed by atoms with Crippen molar-refractivity contribution in [3.63, 3.8) is 0 Å². The van der Waals surface area contributed by atoms with Crippen molar-refractivity contribution in [3.05, 3.63) is 29.3 Å². The number of carbonyl (C=O) groups excluding carboxylic acids is 1. The van der Waals surface area contributed by atoms with Gasteiger partial charge < -0.3 is 10.2 Å². The lowest BCUT2D eigenvalue weighted by Crippen LogP contribution is -2.38. The number of nitrogens with one attached hydrogen (secondary N) is 1. The summed E-state index contributed by atoms with van der Waals surface area (Å²) in [4.78, 5) is 14.7. The molecule has 1 amide bonds. The fraction of sp³-hybridized carbons (Fsp3) is 0.562. The van der Waals surface area contributed by atoms with Crippen molar-refractivity contribution >= 4 is 11.6 Å². The molecule has 19 heavy (non-hydrogen) atoms. The average molecular weight is 260 g/mol. The lowest BCUT2D eigenvalue weighted by molar-refractivity contribution is 0.0695. The fourth-order valence-corrected chi connectivity index (χ4v) is 2.32. The molecule has 0 heterocycles. The molecule has 1 saturated carbocycles. The number of hydrogen-bond acceptors (Lipinski definition) is 2. The molecular weight excluding hydrogens is 236 g/mol. The number of anilines is 1. The zero-order chi connectivity index (χ0) is 14.0. The second-order valence-electron chi connectivity index (χ2n) is 5.77. The number of aryl methyl sites for hydroxylation is 1. The monoisotopic (exact) mass is 260 g/mol. The third-order valence-corrected chi connectivity index (χ3v) is 3.78. The van der Waals surface area contributed by atoms with Crippen LogP contribution < -0.4 is 5.32 Å². The molecule has 0 unspecified atom stereocenters. The van der Waals surface area contributed by atoms with Crippen molar-refractivity contribution < 1.29 is 4.79 Å². The highest BCUT2D eigenvalue weighted by molar-refractivity contribution is 5.96. The minimum atomic E-state index is 0.169. The Morgan fingerprint density at radius 1 is 1.42 bits per heavy atom. The number of nitrogens with zero attached hydrogens (tertiary/aromatic N) is 1. The highest BCUT2D eigenvalue weighted by Gasteiger charge is 2.29. The van der Waals surface area contributed by atoms with Crippen molar-refractivity contribution in [1.29, 1.82) is 0 Å². The molecule has 1 N–H and O–H groups in total. The molecule has 3 heteroatoms. The van der Waals surface area contributed by atoms with E-state index < -0.39 is 0 Å². The van der Waals surface area contributed by atoms with Crippen LogP contribution in [0, 0.1) is 12.8 Å². The Morgan fingerprint density at radius 3 is 2.58 bits per heavy atom. The molecule has 0 aromatic heterocycles. The SMILES string of the molecule is CNc1ccc(C(=O)N(CC2CC2)C(C)C)c(C)c1. The molecule has 2 rings (SSSR count). The summed E-state index contributed by atoms with van der Waals surface area (Å²) in [6.45, 7) is 7.10. The third kappa shape index (κ3) is 3.28. The first kappa shape index (κ1) is 13.9. The van der Waals surface area contributed by atoms with E-state index in [2.05, 4.69) is 19.2 Å². The molecule has 1 fully saturated rings. The van der Waals surface area contributed by atoms with E-state index in [0.717, 1.165) is 29.3 Å². The molecule has 104 valence electrons. The quantitative estimate of drug-likeness (QED) is 0.881. The van der Waals surface area contributed by atoms with Gasteiger partial charge in [-0.1, -0.05) is 0 Å². The molecule has 1 aromatic carbocycles. The number of carbonyl (C=O) groups is 1. The van der Waals surface area contributed by atoms with Gasteiger partial charge in [0, 0.05) is 30.9 Å². The summed E-state index contributed by atoms with van der Waals surface area (Å²) in [7, 11) is 1.89. The van der Waals surface area contributed by atoms with Crippen molar-refractivity contribution in [2.75, 3.05) is 18.9 Å². The first-order chi connectivity index (χ1) is 9.02. The Hall–Kier alpha value is -1.51. The van der Waals surface area contributed by atoms with Crippen LogP contribution in [0.5, 0.6) is 0 Å². The largest absolute Gasteiger partial charge is 0.388 e. The maximum atomic E-state index is 12.7. The van der Waals surface area contributed by atoms with Crippen LogP contribution in [0.3, 0.4) is 0 Å². The van der Waals surface area contributed by atoms with Gasteiger partial charge in [-0.2, -0.15) is 0 Å². The molecule has 1 aliphatic rings. The average Bonchev–Trinajstić information content (AvgIpc) is 3.18. The summed E-state index contributed by atoms with van der Waals surface area (Å²) >= 11 is 0. The Morgan fingerprint density at radius 2 is 2.11 bits per heavy atom. The highest BCUT2D eigenvalue weighted by Crippen LogP contribution is 2.31. The molecular formula is C16H24N2O. The number of amides is 1. The molecule has 0 saturated heterocycles. The minimum absolute atomic E-state index is 0.169. The number of hydrogen-bond donors (Lipinski definition) is 1. The van der Waals surface area contributed by atoms with Crippen LogP contribution in [0.25, 0.3) is 0 Å². The van der Waals surface area contributed by atoms with Gasteiger partial charge in [-0.15, -0.1) is 0 Å². The topological polar surface area (TPSA) is 32.3 Å². The zero-order valence-electron chi connectivity index (χ0n) is 12.4. The summed E-state index contributed by atoms with van der Waals surface area (Å²) in [5, 5.41) is 3.10. The molecule has 3 nitrogen and oxygen atoms in total. The van der Waals surface area contributed by atoms with E-state index in [-0.39, 0.29) is 11.9 Å². The Kier molecular flexibility index (Phi) is 4.13. The van der Waals surface area contributed by atoms with Crippen molar-refractivity contribution in [3.8, 4) is 0 Å². The molecule has 0 spiro atoms. The van der Waals surface area contributed by atoms with Gasteiger partial charge >= 0.3 is 0 Å². The predicted molar refractivity (Wildman–Crippen MR) is 79.6 cm³/mol. The molecule has 1 aliphatic carbocycles. The van der Waals surface area contributed by atoms with E-state index >= 15 is 0 Å². The molecule has 0 atom stereocenters. The maximum Gasteiger partial charge on any atom is 0.254 e. The van der Waals surface area contributed by atoms with Gasteiger partial charge in [0.2, 0.25) is 0 Å². The molecule has 0 radical (unpaired) electrons. The van der Waals surface area contributed by atoms with E-state index in [1.165, 1.54) is 12.8 Å². The van der Waals surface area contributed by atoms with Gasteiger partial charge in [0.1, 0.15) is 0 Å². The Balaban J connectivity index is 2.20. The Bertz CT molecular complexity index is 464. The van der Waals surface area contributed by atoms with E-state index in [0.29, 0.717) is 0 Å². The lowest BCUT2D eigenvalue weighted by atomic mass is 10.1. The summed E-state index contributed by atoms with van der Waals surface area (Å²) in [6, 6.07) is 6.20. The van der Waals surface area contributed by atoms with Crippen molar-refractivity contribution in [1.82, 2.24) is 4.90 Å². The summed E-state index contributed by atoms with van der Waals surface area (Å²) in [6.07, 6.45) is 2.54. The first-order valence-corrected chi connectivity index (χ1v) is 7.12. The van der Waals surface area contributed by atoms with Gasteiger partial charge in [0.25, 0.3) is 5.91 Å². The summed E-state index contributed by atoms with van der Waals surface area (Å²) in [5.41, 5.74) is 2.92. The van der Waals surface area contributed by atoms with Crippen LogP contribution in [0.4, 0.5) is 5.69 Å². The van der Waals surface area contributed by atoms with Crippen LogP contribution in [-0.2, 0) is 0 Å². The van der Waals surface area contributed by atoms with Gasteiger partial charge in [-0.3, -0.25) is 4.79 Å². The maximum absolute atomic E-state index is 12.7. The van der Waals surface area contributed by atoms with Crippen molar-refractivity contribution in [2.45, 2.75) is 39.7 Å². The second-order valence-corrected chi connectivity index (χ2v) is 5.77.